The second kappa shape index (κ2) is 4.75. The number of imidazole rings is 1. The molecule has 4 aromatic rings. The van der Waals surface area contributed by atoms with Crippen molar-refractivity contribution in [3.05, 3.63) is 66.0 Å². The van der Waals surface area contributed by atoms with Gasteiger partial charge in [0.05, 0.1) is 0 Å². The first-order valence-electron chi connectivity index (χ1n) is 6.47. The van der Waals surface area contributed by atoms with Gasteiger partial charge in [-0.25, -0.2) is 9.97 Å². The van der Waals surface area contributed by atoms with Crippen LogP contribution in [0.2, 0.25) is 5.22 Å². The predicted molar refractivity (Wildman–Crippen MR) is 81.6 cm³/mol. The topological polar surface area (TPSA) is 43.9 Å². The maximum absolute atomic E-state index is 5.89. The van der Waals surface area contributed by atoms with Gasteiger partial charge in [-0.1, -0.05) is 18.2 Å². The number of pyridine rings is 1. The zero-order chi connectivity index (χ0) is 14.2. The van der Waals surface area contributed by atoms with Crippen molar-refractivity contribution in [2.75, 3.05) is 0 Å². The van der Waals surface area contributed by atoms with Gasteiger partial charge in [0.25, 0.3) is 0 Å². The highest BCUT2D eigenvalue weighted by Gasteiger charge is 2.17. The average molecular weight is 296 g/mol. The summed E-state index contributed by atoms with van der Waals surface area (Å²) in [5.74, 6) is 1.30. The summed E-state index contributed by atoms with van der Waals surface area (Å²) in [7, 11) is 0. The minimum Gasteiger partial charge on any atom is -0.441 e. The van der Waals surface area contributed by atoms with E-state index in [0.717, 1.165) is 16.9 Å². The fourth-order valence-electron chi connectivity index (χ4n) is 2.33. The molecule has 0 saturated carbocycles. The van der Waals surface area contributed by atoms with Crippen LogP contribution in [0.5, 0.6) is 0 Å². The maximum Gasteiger partial charge on any atom is 0.194 e. The normalized spacial score (nSPS) is 11.1. The molecule has 5 heteroatoms. The lowest BCUT2D eigenvalue weighted by Gasteiger charge is -2.06. The summed E-state index contributed by atoms with van der Waals surface area (Å²) in [4.78, 5) is 9.06. The number of rotatable bonds is 2. The Morgan fingerprint density at radius 1 is 0.952 bits per heavy atom. The fourth-order valence-corrected chi connectivity index (χ4v) is 2.48. The van der Waals surface area contributed by atoms with Crippen LogP contribution in [0.25, 0.3) is 28.4 Å². The number of hydrogen-bond acceptors (Lipinski definition) is 3. The van der Waals surface area contributed by atoms with Crippen LogP contribution in [0.3, 0.4) is 0 Å². The number of furan rings is 1. The third-order valence-electron chi connectivity index (χ3n) is 3.22. The van der Waals surface area contributed by atoms with E-state index >= 15 is 0 Å². The van der Waals surface area contributed by atoms with Crippen molar-refractivity contribution in [2.24, 2.45) is 0 Å². The van der Waals surface area contributed by atoms with Crippen LogP contribution in [-0.4, -0.2) is 14.5 Å². The molecule has 0 aliphatic rings. The lowest BCUT2D eigenvalue weighted by Crippen LogP contribution is -1.97. The molecule has 0 fully saturated rings. The highest BCUT2D eigenvalue weighted by molar-refractivity contribution is 6.28. The molecule has 0 amide bonds. The third-order valence-corrected chi connectivity index (χ3v) is 3.43. The Morgan fingerprint density at radius 2 is 1.81 bits per heavy atom. The highest BCUT2D eigenvalue weighted by Crippen LogP contribution is 2.29. The minimum absolute atomic E-state index is 0.338. The molecule has 0 unspecified atom stereocenters. The molecule has 0 atom stereocenters. The zero-order valence-electron chi connectivity index (χ0n) is 10.9. The summed E-state index contributed by atoms with van der Waals surface area (Å²) < 4.78 is 7.48. The van der Waals surface area contributed by atoms with E-state index in [-0.39, 0.29) is 0 Å². The van der Waals surface area contributed by atoms with E-state index in [4.69, 9.17) is 16.0 Å². The Morgan fingerprint density at radius 3 is 2.57 bits per heavy atom. The van der Waals surface area contributed by atoms with Crippen molar-refractivity contribution in [1.82, 2.24) is 14.5 Å². The van der Waals surface area contributed by atoms with Gasteiger partial charge in [-0.05, 0) is 48.0 Å². The third kappa shape index (κ3) is 2.00. The molecule has 0 saturated heterocycles. The van der Waals surface area contributed by atoms with Gasteiger partial charge in [-0.3, -0.25) is 4.57 Å². The van der Waals surface area contributed by atoms with Gasteiger partial charge in [0, 0.05) is 11.9 Å². The maximum atomic E-state index is 5.89. The Labute approximate surface area is 125 Å². The number of fused-ring (bicyclic) bond motifs is 1. The number of halogens is 1. The summed E-state index contributed by atoms with van der Waals surface area (Å²) in [6.07, 6.45) is 1.75. The van der Waals surface area contributed by atoms with E-state index < -0.39 is 0 Å². The summed E-state index contributed by atoms with van der Waals surface area (Å²) in [6.45, 7) is 0. The van der Waals surface area contributed by atoms with E-state index in [9.17, 15) is 0 Å². The van der Waals surface area contributed by atoms with E-state index in [1.54, 1.807) is 12.3 Å². The van der Waals surface area contributed by atoms with Gasteiger partial charge in [-0.15, -0.1) is 0 Å². The van der Waals surface area contributed by atoms with E-state index in [1.165, 1.54) is 0 Å². The first kappa shape index (κ1) is 12.2. The number of para-hydroxylation sites is 1. The van der Waals surface area contributed by atoms with Crippen molar-refractivity contribution in [1.29, 1.82) is 0 Å². The van der Waals surface area contributed by atoms with E-state index in [0.29, 0.717) is 16.8 Å². The summed E-state index contributed by atoms with van der Waals surface area (Å²) in [6, 6.07) is 17.2. The Bertz CT molecular complexity index is 912. The average Bonchev–Trinajstić information content (AvgIpc) is 3.11. The lowest BCUT2D eigenvalue weighted by molar-refractivity contribution is 0.578. The molecule has 21 heavy (non-hydrogen) atoms. The second-order valence-corrected chi connectivity index (χ2v) is 4.93. The minimum atomic E-state index is 0.338. The summed E-state index contributed by atoms with van der Waals surface area (Å²) >= 11 is 5.89. The predicted octanol–water partition coefficient (Wildman–Crippen LogP) is 4.33. The van der Waals surface area contributed by atoms with Gasteiger partial charge in [0.2, 0.25) is 0 Å². The number of aromatic nitrogens is 3. The van der Waals surface area contributed by atoms with Crippen LogP contribution < -0.4 is 0 Å². The standard InChI is InChI=1S/C16H10ClN3O/c17-14-9-8-13(21-14)16-19-12-7-4-10-18-15(12)20(16)11-5-2-1-3-6-11/h1-10H. The van der Waals surface area contributed by atoms with Gasteiger partial charge < -0.3 is 4.42 Å². The van der Waals surface area contributed by atoms with Crippen molar-refractivity contribution in [3.63, 3.8) is 0 Å². The molecule has 4 nitrogen and oxygen atoms in total. The molecule has 3 aromatic heterocycles. The van der Waals surface area contributed by atoms with Crippen molar-refractivity contribution >= 4 is 22.8 Å². The lowest BCUT2D eigenvalue weighted by atomic mass is 10.3. The van der Waals surface area contributed by atoms with E-state index in [2.05, 4.69) is 9.97 Å². The molecular formula is C16H10ClN3O. The number of nitrogens with zero attached hydrogens (tertiary/aromatic N) is 3. The smallest absolute Gasteiger partial charge is 0.194 e. The molecule has 0 radical (unpaired) electrons. The SMILES string of the molecule is Clc1ccc(-c2nc3cccnc3n2-c2ccccc2)o1. The number of hydrogen-bond donors (Lipinski definition) is 0. The van der Waals surface area contributed by atoms with Gasteiger partial charge in [-0.2, -0.15) is 0 Å². The molecule has 1 aromatic carbocycles. The van der Waals surface area contributed by atoms with Crippen molar-refractivity contribution in [2.45, 2.75) is 0 Å². The monoisotopic (exact) mass is 295 g/mol. The van der Waals surface area contributed by atoms with Crippen LogP contribution in [0, 0.1) is 0 Å². The Hall–Kier alpha value is -2.59. The Balaban J connectivity index is 2.06. The molecule has 0 bridgehead atoms. The Kier molecular flexibility index (Phi) is 2.75. The molecule has 3 heterocycles. The van der Waals surface area contributed by atoms with Gasteiger partial charge in [0.15, 0.2) is 22.5 Å². The van der Waals surface area contributed by atoms with Crippen molar-refractivity contribution in [3.8, 4) is 17.3 Å². The molecule has 0 spiro atoms. The molecular weight excluding hydrogens is 286 g/mol. The quantitative estimate of drug-likeness (QED) is 0.553. The number of benzene rings is 1. The molecule has 0 N–H and O–H groups in total. The largest absolute Gasteiger partial charge is 0.441 e. The van der Waals surface area contributed by atoms with Crippen LogP contribution in [0.15, 0.2) is 65.2 Å². The van der Waals surface area contributed by atoms with Crippen LogP contribution >= 0.6 is 11.6 Å². The van der Waals surface area contributed by atoms with Crippen molar-refractivity contribution < 1.29 is 4.42 Å². The van der Waals surface area contributed by atoms with Crippen LogP contribution in [0.4, 0.5) is 0 Å². The first-order chi connectivity index (χ1) is 10.3. The van der Waals surface area contributed by atoms with Crippen LogP contribution in [0.1, 0.15) is 0 Å². The second-order valence-electron chi connectivity index (χ2n) is 4.56. The van der Waals surface area contributed by atoms with Gasteiger partial charge in [0.1, 0.15) is 5.52 Å². The molecule has 102 valence electrons. The summed E-state index contributed by atoms with van der Waals surface area (Å²) in [5, 5.41) is 0.338. The van der Waals surface area contributed by atoms with Gasteiger partial charge >= 0.3 is 0 Å². The molecule has 0 aliphatic heterocycles. The molecule has 4 rings (SSSR count). The van der Waals surface area contributed by atoms with E-state index in [1.807, 2.05) is 53.1 Å². The summed E-state index contributed by atoms with van der Waals surface area (Å²) in [5.41, 5.74) is 2.57. The zero-order valence-corrected chi connectivity index (χ0v) is 11.7. The fraction of sp³-hybridized carbons (Fsp3) is 0. The highest BCUT2D eigenvalue weighted by atomic mass is 35.5. The first-order valence-corrected chi connectivity index (χ1v) is 6.85. The van der Waals surface area contributed by atoms with Crippen LogP contribution in [-0.2, 0) is 0 Å². The molecule has 0 aliphatic carbocycles.